The van der Waals surface area contributed by atoms with Gasteiger partial charge in [0, 0.05) is 0 Å². The summed E-state index contributed by atoms with van der Waals surface area (Å²) in [5, 5.41) is 19.1. The maximum Gasteiger partial charge on any atom is 0.213 e. The van der Waals surface area contributed by atoms with Crippen molar-refractivity contribution in [3.63, 3.8) is 0 Å². The zero-order valence-corrected chi connectivity index (χ0v) is 10.1. The van der Waals surface area contributed by atoms with Crippen LogP contribution < -0.4 is 0 Å². The smallest absolute Gasteiger partial charge is 0.213 e. The highest BCUT2D eigenvalue weighted by Gasteiger charge is 2.23. The molecule has 4 N–H and O–H groups in total. The highest BCUT2D eigenvalue weighted by atomic mass is 32.2. The van der Waals surface area contributed by atoms with Crippen LogP contribution in [-0.4, -0.2) is 24.1 Å². The third-order valence-electron chi connectivity index (χ3n) is 2.31. The topological polar surface area (TPSA) is 106 Å². The van der Waals surface area contributed by atoms with Crippen molar-refractivity contribution in [3.8, 4) is 11.5 Å². The van der Waals surface area contributed by atoms with E-state index in [-0.39, 0.29) is 26.8 Å². The summed E-state index contributed by atoms with van der Waals surface area (Å²) in [5.41, 5.74) is 0. The molecule has 5 nitrogen and oxygen atoms in total. The molecule has 0 saturated heterocycles. The molecule has 0 heterocycles. The second-order valence-corrected chi connectivity index (χ2v) is 5.33. The molecule has 0 atom stereocenters. The number of phenolic OH excluding ortho intramolecular Hbond substituents is 2. The predicted molar refractivity (Wildman–Crippen MR) is 65.3 cm³/mol. The Hall–Kier alpha value is -2.05. The van der Waals surface area contributed by atoms with E-state index in [2.05, 4.69) is 0 Å². The molecule has 0 aromatic heterocycles. The van der Waals surface area contributed by atoms with Crippen LogP contribution in [-0.2, 0) is 9.84 Å². The zero-order chi connectivity index (χ0) is 12.5. The van der Waals surface area contributed by atoms with Gasteiger partial charge in [-0.25, -0.2) is 8.42 Å². The lowest BCUT2D eigenvalue weighted by molar-refractivity contribution is 0.453. The summed E-state index contributed by atoms with van der Waals surface area (Å²) in [6, 6.07) is 11.2. The summed E-state index contributed by atoms with van der Waals surface area (Å²) >= 11 is 0. The molecular formula is C12H12O5S. The molecule has 0 fully saturated rings. The first-order valence-electron chi connectivity index (χ1n) is 4.84. The van der Waals surface area contributed by atoms with Gasteiger partial charge in [0.05, 0.1) is 0 Å². The molecule has 0 aliphatic carbocycles. The van der Waals surface area contributed by atoms with Crippen LogP contribution in [0.3, 0.4) is 0 Å². The van der Waals surface area contributed by atoms with E-state index < -0.39 is 9.84 Å². The first-order chi connectivity index (χ1) is 8.03. The lowest BCUT2D eigenvalue weighted by Gasteiger charge is -2.07. The number of benzene rings is 2. The van der Waals surface area contributed by atoms with Gasteiger partial charge in [-0.2, -0.15) is 0 Å². The van der Waals surface area contributed by atoms with Crippen LogP contribution in [0.1, 0.15) is 0 Å². The fraction of sp³-hybridized carbons (Fsp3) is 0. The molecule has 0 aliphatic rings. The monoisotopic (exact) mass is 268 g/mol. The highest BCUT2D eigenvalue weighted by molar-refractivity contribution is 7.91. The Morgan fingerprint density at radius 1 is 0.722 bits per heavy atom. The highest BCUT2D eigenvalue weighted by Crippen LogP contribution is 2.32. The lowest BCUT2D eigenvalue weighted by Crippen LogP contribution is -2.02. The van der Waals surface area contributed by atoms with E-state index in [9.17, 15) is 18.6 Å². The van der Waals surface area contributed by atoms with Crippen LogP contribution in [0.25, 0.3) is 0 Å². The minimum absolute atomic E-state index is 0. The van der Waals surface area contributed by atoms with Gasteiger partial charge < -0.3 is 15.7 Å². The molecule has 18 heavy (non-hydrogen) atoms. The number of hydrogen-bond donors (Lipinski definition) is 2. The minimum Gasteiger partial charge on any atom is -0.507 e. The Labute approximate surface area is 104 Å². The maximum absolute atomic E-state index is 12.2. The normalized spacial score (nSPS) is 10.7. The van der Waals surface area contributed by atoms with Crippen molar-refractivity contribution in [2.45, 2.75) is 9.79 Å². The summed E-state index contributed by atoms with van der Waals surface area (Å²) in [6.07, 6.45) is 0. The van der Waals surface area contributed by atoms with Gasteiger partial charge in [-0.3, -0.25) is 0 Å². The summed E-state index contributed by atoms with van der Waals surface area (Å²) in [5.74, 6) is -0.675. The number of hydrogen-bond acceptors (Lipinski definition) is 4. The summed E-state index contributed by atoms with van der Waals surface area (Å²) in [6.45, 7) is 0. The summed E-state index contributed by atoms with van der Waals surface area (Å²) in [4.78, 5) is -0.442. The van der Waals surface area contributed by atoms with E-state index in [1.165, 1.54) is 48.5 Å². The Bertz CT molecular complexity index is 598. The number of phenols is 2. The number of sulfone groups is 1. The molecule has 0 unspecified atom stereocenters. The molecule has 2 aromatic carbocycles. The van der Waals surface area contributed by atoms with Gasteiger partial charge in [0.1, 0.15) is 21.3 Å². The third kappa shape index (κ3) is 2.29. The zero-order valence-electron chi connectivity index (χ0n) is 9.24. The Balaban J connectivity index is 0.00000162. The van der Waals surface area contributed by atoms with Crippen LogP contribution in [0, 0.1) is 0 Å². The average Bonchev–Trinajstić information content (AvgIpc) is 2.29. The largest absolute Gasteiger partial charge is 0.507 e. The van der Waals surface area contributed by atoms with Gasteiger partial charge in [-0.1, -0.05) is 24.3 Å². The molecule has 0 aliphatic heterocycles. The molecule has 0 bridgehead atoms. The van der Waals surface area contributed by atoms with Crippen LogP contribution >= 0.6 is 0 Å². The van der Waals surface area contributed by atoms with Gasteiger partial charge >= 0.3 is 0 Å². The van der Waals surface area contributed by atoms with Crippen molar-refractivity contribution >= 4 is 9.84 Å². The van der Waals surface area contributed by atoms with E-state index >= 15 is 0 Å². The van der Waals surface area contributed by atoms with Crippen molar-refractivity contribution in [2.24, 2.45) is 0 Å². The first-order valence-corrected chi connectivity index (χ1v) is 6.33. The van der Waals surface area contributed by atoms with Gasteiger partial charge in [0.25, 0.3) is 0 Å². The molecule has 96 valence electrons. The predicted octanol–water partition coefficient (Wildman–Crippen LogP) is 1.11. The Morgan fingerprint density at radius 2 is 1.06 bits per heavy atom. The molecule has 2 rings (SSSR count). The molecule has 6 heteroatoms. The van der Waals surface area contributed by atoms with Crippen molar-refractivity contribution in [1.29, 1.82) is 0 Å². The first kappa shape index (κ1) is 14.0. The Morgan fingerprint density at radius 3 is 1.39 bits per heavy atom. The van der Waals surface area contributed by atoms with Crippen molar-refractivity contribution < 1.29 is 24.1 Å². The lowest BCUT2D eigenvalue weighted by atomic mass is 10.3. The van der Waals surface area contributed by atoms with Crippen LogP contribution in [0.5, 0.6) is 11.5 Å². The molecule has 0 radical (unpaired) electrons. The maximum atomic E-state index is 12.2. The second kappa shape index (κ2) is 5.07. The van der Waals surface area contributed by atoms with Gasteiger partial charge in [-0.15, -0.1) is 0 Å². The number of aromatic hydroxyl groups is 2. The minimum atomic E-state index is -3.90. The van der Waals surface area contributed by atoms with Gasteiger partial charge in [-0.05, 0) is 24.3 Å². The van der Waals surface area contributed by atoms with Gasteiger partial charge in [0.2, 0.25) is 9.84 Å². The molecule has 0 amide bonds. The molecule has 0 spiro atoms. The average molecular weight is 268 g/mol. The van der Waals surface area contributed by atoms with Crippen molar-refractivity contribution in [2.75, 3.05) is 0 Å². The van der Waals surface area contributed by atoms with Gasteiger partial charge in [0.15, 0.2) is 0 Å². The van der Waals surface area contributed by atoms with Crippen LogP contribution in [0.15, 0.2) is 58.3 Å². The van der Waals surface area contributed by atoms with E-state index in [1.807, 2.05) is 0 Å². The van der Waals surface area contributed by atoms with Crippen LogP contribution in [0.2, 0.25) is 0 Å². The third-order valence-corrected chi connectivity index (χ3v) is 4.16. The SMILES string of the molecule is O.O=S(=O)(c1ccccc1O)c1ccccc1O. The summed E-state index contributed by atoms with van der Waals surface area (Å²) < 4.78 is 24.3. The molecule has 0 saturated carbocycles. The molecule has 2 aromatic rings. The fourth-order valence-electron chi connectivity index (χ4n) is 1.49. The Kier molecular flexibility index (Phi) is 3.95. The van der Waals surface area contributed by atoms with Crippen molar-refractivity contribution in [1.82, 2.24) is 0 Å². The van der Waals surface area contributed by atoms with E-state index in [0.717, 1.165) is 0 Å². The fourth-order valence-corrected chi connectivity index (χ4v) is 2.93. The van der Waals surface area contributed by atoms with E-state index in [0.29, 0.717) is 0 Å². The standard InChI is InChI=1S/C12H10O4S.H2O/c13-9-5-1-3-7-11(9)17(15,16)12-8-4-2-6-10(12)14;/h1-8,13-14H;1H2. The number of para-hydroxylation sites is 2. The molecular weight excluding hydrogens is 256 g/mol. The summed E-state index contributed by atoms with van der Waals surface area (Å²) in [7, 11) is -3.90. The van der Waals surface area contributed by atoms with E-state index in [1.54, 1.807) is 0 Å². The second-order valence-electron chi connectivity index (χ2n) is 3.44. The quantitative estimate of drug-likeness (QED) is 0.850. The van der Waals surface area contributed by atoms with E-state index in [4.69, 9.17) is 0 Å². The van der Waals surface area contributed by atoms with Crippen LogP contribution in [0.4, 0.5) is 0 Å². The van der Waals surface area contributed by atoms with Crippen molar-refractivity contribution in [3.05, 3.63) is 48.5 Å². The number of rotatable bonds is 2.